The summed E-state index contributed by atoms with van der Waals surface area (Å²) in [6, 6.07) is 21.5. The second-order valence-corrected chi connectivity index (χ2v) is 7.08. The number of benzene rings is 3. The Morgan fingerprint density at radius 1 is 0.586 bits per heavy atom. The van der Waals surface area contributed by atoms with E-state index in [9.17, 15) is 4.39 Å². The molecule has 3 aromatic carbocycles. The van der Waals surface area contributed by atoms with Crippen LogP contribution in [0, 0.1) is 29.5 Å². The maximum Gasteiger partial charge on any atom is 0.127 e. The fourth-order valence-electron chi connectivity index (χ4n) is 3.07. The van der Waals surface area contributed by atoms with Crippen molar-refractivity contribution in [2.24, 2.45) is 0 Å². The van der Waals surface area contributed by atoms with E-state index in [0.717, 1.165) is 47.9 Å². The standard InChI is InChI=1S/C28H25F/c1-3-5-22-7-9-23(10-8-22)11-12-24-13-15-25(16-14-24)17-18-26-19-20-27(6-4-2)28(29)21-26/h7-10,13-16,19-21H,3-6H2,1-2H3. The lowest BCUT2D eigenvalue weighted by Crippen LogP contribution is -1.90. The van der Waals surface area contributed by atoms with Crippen molar-refractivity contribution < 1.29 is 4.39 Å². The van der Waals surface area contributed by atoms with Crippen LogP contribution < -0.4 is 0 Å². The third-order valence-electron chi connectivity index (χ3n) is 4.65. The molecule has 144 valence electrons. The molecular weight excluding hydrogens is 355 g/mol. The summed E-state index contributed by atoms with van der Waals surface area (Å²) >= 11 is 0. The summed E-state index contributed by atoms with van der Waals surface area (Å²) in [7, 11) is 0. The zero-order chi connectivity index (χ0) is 20.5. The van der Waals surface area contributed by atoms with Crippen molar-refractivity contribution in [1.29, 1.82) is 0 Å². The molecule has 0 bridgehead atoms. The largest absolute Gasteiger partial charge is 0.207 e. The average molecular weight is 381 g/mol. The van der Waals surface area contributed by atoms with Gasteiger partial charge < -0.3 is 0 Å². The third-order valence-corrected chi connectivity index (χ3v) is 4.65. The monoisotopic (exact) mass is 380 g/mol. The van der Waals surface area contributed by atoms with E-state index in [2.05, 4.69) is 54.9 Å². The first-order valence-electron chi connectivity index (χ1n) is 10.2. The summed E-state index contributed by atoms with van der Waals surface area (Å²) < 4.78 is 14.0. The molecule has 0 radical (unpaired) electrons. The Bertz CT molecular complexity index is 1070. The van der Waals surface area contributed by atoms with Gasteiger partial charge in [-0.2, -0.15) is 0 Å². The van der Waals surface area contributed by atoms with E-state index in [1.54, 1.807) is 0 Å². The lowest BCUT2D eigenvalue weighted by Gasteiger charge is -2.01. The van der Waals surface area contributed by atoms with Gasteiger partial charge in [-0.3, -0.25) is 0 Å². The molecule has 0 unspecified atom stereocenters. The lowest BCUT2D eigenvalue weighted by atomic mass is 10.1. The molecular formula is C28H25F. The Hall–Kier alpha value is -3.29. The minimum atomic E-state index is -0.174. The molecule has 0 fully saturated rings. The first kappa shape index (κ1) is 20.4. The van der Waals surface area contributed by atoms with E-state index in [4.69, 9.17) is 0 Å². The van der Waals surface area contributed by atoms with Crippen molar-refractivity contribution in [1.82, 2.24) is 0 Å². The van der Waals surface area contributed by atoms with E-state index in [0.29, 0.717) is 5.56 Å². The number of hydrogen-bond donors (Lipinski definition) is 0. The van der Waals surface area contributed by atoms with Crippen molar-refractivity contribution in [2.45, 2.75) is 39.5 Å². The Kier molecular flexibility index (Phi) is 7.27. The van der Waals surface area contributed by atoms with Gasteiger partial charge in [-0.25, -0.2) is 4.39 Å². The van der Waals surface area contributed by atoms with Crippen molar-refractivity contribution in [3.8, 4) is 23.7 Å². The fraction of sp³-hybridized carbons (Fsp3) is 0.214. The van der Waals surface area contributed by atoms with Crippen LogP contribution in [0.4, 0.5) is 4.39 Å². The van der Waals surface area contributed by atoms with Crippen LogP contribution >= 0.6 is 0 Å². The van der Waals surface area contributed by atoms with Crippen LogP contribution in [0.25, 0.3) is 0 Å². The maximum absolute atomic E-state index is 14.0. The van der Waals surface area contributed by atoms with Gasteiger partial charge in [0, 0.05) is 22.3 Å². The summed E-state index contributed by atoms with van der Waals surface area (Å²) in [6.45, 7) is 4.23. The predicted octanol–water partition coefficient (Wildman–Crippen LogP) is 6.53. The molecule has 0 N–H and O–H groups in total. The maximum atomic E-state index is 14.0. The highest BCUT2D eigenvalue weighted by Crippen LogP contribution is 2.12. The quantitative estimate of drug-likeness (QED) is 0.451. The highest BCUT2D eigenvalue weighted by molar-refractivity contribution is 5.48. The second-order valence-electron chi connectivity index (χ2n) is 7.08. The van der Waals surface area contributed by atoms with E-state index >= 15 is 0 Å². The van der Waals surface area contributed by atoms with Crippen LogP contribution in [0.1, 0.15) is 60.1 Å². The molecule has 0 amide bonds. The van der Waals surface area contributed by atoms with Gasteiger partial charge in [-0.05, 0) is 72.5 Å². The lowest BCUT2D eigenvalue weighted by molar-refractivity contribution is 0.607. The summed E-state index contributed by atoms with van der Waals surface area (Å²) in [5.41, 5.74) is 5.64. The van der Waals surface area contributed by atoms with E-state index in [-0.39, 0.29) is 5.82 Å². The predicted molar refractivity (Wildman–Crippen MR) is 119 cm³/mol. The molecule has 0 aliphatic carbocycles. The van der Waals surface area contributed by atoms with Crippen LogP contribution in [0.2, 0.25) is 0 Å². The molecule has 0 spiro atoms. The molecule has 0 aliphatic rings. The molecule has 0 aliphatic heterocycles. The highest BCUT2D eigenvalue weighted by atomic mass is 19.1. The highest BCUT2D eigenvalue weighted by Gasteiger charge is 2.01. The number of halogens is 1. The van der Waals surface area contributed by atoms with Crippen molar-refractivity contribution >= 4 is 0 Å². The normalized spacial score (nSPS) is 9.90. The van der Waals surface area contributed by atoms with Gasteiger partial charge in [0.2, 0.25) is 0 Å². The molecule has 0 nitrogen and oxygen atoms in total. The van der Waals surface area contributed by atoms with Crippen LogP contribution in [-0.4, -0.2) is 0 Å². The summed E-state index contributed by atoms with van der Waals surface area (Å²) in [5.74, 6) is 12.4. The van der Waals surface area contributed by atoms with Crippen molar-refractivity contribution in [3.05, 3.63) is 106 Å². The smallest absolute Gasteiger partial charge is 0.127 e. The number of rotatable bonds is 4. The van der Waals surface area contributed by atoms with Crippen molar-refractivity contribution in [2.75, 3.05) is 0 Å². The van der Waals surface area contributed by atoms with Gasteiger partial charge in [-0.15, -0.1) is 0 Å². The number of hydrogen-bond acceptors (Lipinski definition) is 0. The Balaban J connectivity index is 1.67. The van der Waals surface area contributed by atoms with E-state index < -0.39 is 0 Å². The summed E-state index contributed by atoms with van der Waals surface area (Å²) in [6.07, 6.45) is 3.94. The van der Waals surface area contributed by atoms with Crippen LogP contribution in [0.5, 0.6) is 0 Å². The van der Waals surface area contributed by atoms with Gasteiger partial charge in [0.1, 0.15) is 5.82 Å². The number of aryl methyl sites for hydroxylation is 2. The van der Waals surface area contributed by atoms with Gasteiger partial charge in [-0.1, -0.05) is 68.6 Å². The average Bonchev–Trinajstić information content (AvgIpc) is 2.74. The summed E-state index contributed by atoms with van der Waals surface area (Å²) in [5, 5.41) is 0. The molecule has 0 saturated heterocycles. The topological polar surface area (TPSA) is 0 Å². The summed E-state index contributed by atoms with van der Waals surface area (Å²) in [4.78, 5) is 0. The van der Waals surface area contributed by atoms with Gasteiger partial charge in [0.15, 0.2) is 0 Å². The van der Waals surface area contributed by atoms with Crippen LogP contribution in [-0.2, 0) is 12.8 Å². The minimum Gasteiger partial charge on any atom is -0.207 e. The minimum absolute atomic E-state index is 0.174. The molecule has 0 atom stereocenters. The Morgan fingerprint density at radius 3 is 1.52 bits per heavy atom. The zero-order valence-corrected chi connectivity index (χ0v) is 17.1. The van der Waals surface area contributed by atoms with Gasteiger partial charge >= 0.3 is 0 Å². The fourth-order valence-corrected chi connectivity index (χ4v) is 3.07. The first-order valence-corrected chi connectivity index (χ1v) is 10.2. The van der Waals surface area contributed by atoms with Crippen LogP contribution in [0.15, 0.2) is 66.7 Å². The first-order chi connectivity index (χ1) is 14.2. The third kappa shape index (κ3) is 6.10. The van der Waals surface area contributed by atoms with E-state index in [1.807, 2.05) is 43.3 Å². The van der Waals surface area contributed by atoms with Crippen molar-refractivity contribution in [3.63, 3.8) is 0 Å². The molecule has 1 heteroatoms. The van der Waals surface area contributed by atoms with Gasteiger partial charge in [0.05, 0.1) is 0 Å². The Morgan fingerprint density at radius 2 is 1.03 bits per heavy atom. The molecule has 29 heavy (non-hydrogen) atoms. The molecule has 0 heterocycles. The van der Waals surface area contributed by atoms with E-state index in [1.165, 1.54) is 11.6 Å². The SMILES string of the molecule is CCCc1ccc(C#Cc2ccc(C#Cc3ccc(CCC)c(F)c3)cc2)cc1. The van der Waals surface area contributed by atoms with Crippen LogP contribution in [0.3, 0.4) is 0 Å². The Labute approximate surface area is 173 Å². The molecule has 3 rings (SSSR count). The zero-order valence-electron chi connectivity index (χ0n) is 17.1. The molecule has 0 saturated carbocycles. The molecule has 0 aromatic heterocycles. The van der Waals surface area contributed by atoms with Gasteiger partial charge in [0.25, 0.3) is 0 Å². The second kappa shape index (κ2) is 10.3. The molecule has 3 aromatic rings.